The zero-order chi connectivity index (χ0) is 15.5. The molecule has 1 saturated carbocycles. The van der Waals surface area contributed by atoms with E-state index in [1.165, 1.54) is 0 Å². The van der Waals surface area contributed by atoms with E-state index in [-0.39, 0.29) is 11.1 Å². The molecule has 0 radical (unpaired) electrons. The van der Waals surface area contributed by atoms with Gasteiger partial charge in [0.25, 0.3) is 0 Å². The molecule has 6 nitrogen and oxygen atoms in total. The number of benzene rings is 1. The molecule has 2 aliphatic heterocycles. The first kappa shape index (κ1) is 14.0. The van der Waals surface area contributed by atoms with E-state index in [0.717, 1.165) is 25.8 Å². The number of hydrogen-bond acceptors (Lipinski definition) is 4. The highest BCUT2D eigenvalue weighted by molar-refractivity contribution is 7.89. The molecular formula is C15H18N2O4S. The Labute approximate surface area is 129 Å². The minimum atomic E-state index is -3.57. The minimum absolute atomic E-state index is 0.166. The molecule has 2 N–H and O–H groups in total. The molecule has 7 heteroatoms. The summed E-state index contributed by atoms with van der Waals surface area (Å²) < 4.78 is 27.7. The van der Waals surface area contributed by atoms with Gasteiger partial charge in [0.05, 0.1) is 17.3 Å². The van der Waals surface area contributed by atoms with Crippen molar-refractivity contribution in [1.82, 2.24) is 4.72 Å². The summed E-state index contributed by atoms with van der Waals surface area (Å²) in [5.41, 5.74) is 0.393. The summed E-state index contributed by atoms with van der Waals surface area (Å²) in [7, 11) is -3.57. The average Bonchev–Trinajstić information content (AvgIpc) is 2.84. The summed E-state index contributed by atoms with van der Waals surface area (Å²) in [5, 5.41) is 9.55. The quantitative estimate of drug-likeness (QED) is 0.860. The lowest BCUT2D eigenvalue weighted by atomic mass is 9.64. The Bertz CT molecular complexity index is 755. The van der Waals surface area contributed by atoms with Gasteiger partial charge in [-0.05, 0) is 43.4 Å². The summed E-state index contributed by atoms with van der Waals surface area (Å²) in [6.07, 6.45) is 3.60. The number of carboxylic acid groups (broad SMARTS) is 1. The van der Waals surface area contributed by atoms with E-state index < -0.39 is 21.4 Å². The molecule has 118 valence electrons. The fourth-order valence-electron chi connectivity index (χ4n) is 3.84. The van der Waals surface area contributed by atoms with Crippen molar-refractivity contribution in [3.05, 3.63) is 23.8 Å². The number of fused-ring (bicyclic) bond motifs is 3. The van der Waals surface area contributed by atoms with E-state index in [2.05, 4.69) is 9.62 Å². The van der Waals surface area contributed by atoms with Gasteiger partial charge in [-0.1, -0.05) is 12.5 Å². The van der Waals surface area contributed by atoms with Gasteiger partial charge in [0.15, 0.2) is 0 Å². The number of nitrogens with zero attached hydrogens (tertiary/aromatic N) is 1. The minimum Gasteiger partial charge on any atom is -0.481 e. The van der Waals surface area contributed by atoms with E-state index in [1.807, 2.05) is 0 Å². The molecule has 1 unspecified atom stereocenters. The fourth-order valence-corrected chi connectivity index (χ4v) is 5.31. The standard InChI is InChI=1S/C15H18N2O4S/c18-14(19)15(6-2-7-15)10-4-5-11-12(9-10)22(20,21)16-13-3-1-8-17(11)13/h4-5,9,13,16H,1-3,6-8H2,(H,18,19). The number of rotatable bonds is 2. The van der Waals surface area contributed by atoms with Gasteiger partial charge in [0, 0.05) is 6.54 Å². The molecule has 1 saturated heterocycles. The lowest BCUT2D eigenvalue weighted by Crippen LogP contribution is -2.49. The molecular weight excluding hydrogens is 304 g/mol. The second-order valence-electron chi connectivity index (χ2n) is 6.40. The van der Waals surface area contributed by atoms with Crippen molar-refractivity contribution in [3.8, 4) is 0 Å². The molecule has 22 heavy (non-hydrogen) atoms. The van der Waals surface area contributed by atoms with Crippen molar-refractivity contribution in [2.75, 3.05) is 11.4 Å². The topological polar surface area (TPSA) is 86.7 Å². The van der Waals surface area contributed by atoms with Gasteiger partial charge < -0.3 is 10.0 Å². The van der Waals surface area contributed by atoms with Crippen LogP contribution in [0.1, 0.15) is 37.7 Å². The number of sulfonamides is 1. The van der Waals surface area contributed by atoms with E-state index >= 15 is 0 Å². The summed E-state index contributed by atoms with van der Waals surface area (Å²) >= 11 is 0. The number of nitrogens with one attached hydrogen (secondary N) is 1. The van der Waals surface area contributed by atoms with Gasteiger partial charge in [-0.3, -0.25) is 4.79 Å². The van der Waals surface area contributed by atoms with Crippen LogP contribution in [0.5, 0.6) is 0 Å². The molecule has 0 bridgehead atoms. The molecule has 2 fully saturated rings. The second-order valence-corrected chi connectivity index (χ2v) is 8.08. The SMILES string of the molecule is O=C(O)C1(c2ccc3c(c2)S(=O)(=O)NC2CCCN32)CCC1. The van der Waals surface area contributed by atoms with Crippen LogP contribution >= 0.6 is 0 Å². The molecule has 1 aromatic rings. The maximum absolute atomic E-state index is 12.5. The predicted octanol–water partition coefficient (Wildman–Crippen LogP) is 1.41. The molecule has 1 aliphatic carbocycles. The normalized spacial score (nSPS) is 27.6. The number of hydrogen-bond donors (Lipinski definition) is 2. The van der Waals surface area contributed by atoms with Crippen molar-refractivity contribution in [3.63, 3.8) is 0 Å². The monoisotopic (exact) mass is 322 g/mol. The van der Waals surface area contributed by atoms with Gasteiger partial charge in [0.1, 0.15) is 4.90 Å². The van der Waals surface area contributed by atoms with Gasteiger partial charge in [-0.25, -0.2) is 8.42 Å². The van der Waals surface area contributed by atoms with Crippen LogP contribution in [0.4, 0.5) is 5.69 Å². The Kier molecular flexibility index (Phi) is 2.84. The fraction of sp³-hybridized carbons (Fsp3) is 0.533. The van der Waals surface area contributed by atoms with Gasteiger partial charge in [-0.15, -0.1) is 0 Å². The Morgan fingerprint density at radius 1 is 1.32 bits per heavy atom. The Balaban J connectivity index is 1.86. The van der Waals surface area contributed by atoms with Gasteiger partial charge >= 0.3 is 5.97 Å². The highest BCUT2D eigenvalue weighted by atomic mass is 32.2. The van der Waals surface area contributed by atoms with E-state index in [9.17, 15) is 18.3 Å². The smallest absolute Gasteiger partial charge is 0.314 e. The van der Waals surface area contributed by atoms with Crippen molar-refractivity contribution in [1.29, 1.82) is 0 Å². The average molecular weight is 322 g/mol. The zero-order valence-electron chi connectivity index (χ0n) is 12.1. The first-order chi connectivity index (χ1) is 10.4. The third kappa shape index (κ3) is 1.75. The maximum Gasteiger partial charge on any atom is 0.314 e. The predicted molar refractivity (Wildman–Crippen MR) is 80.3 cm³/mol. The summed E-state index contributed by atoms with van der Waals surface area (Å²) in [6.45, 7) is 0.823. The van der Waals surface area contributed by atoms with E-state index in [1.54, 1.807) is 18.2 Å². The lowest BCUT2D eigenvalue weighted by molar-refractivity contribution is -0.147. The molecule has 3 aliphatic rings. The highest BCUT2D eigenvalue weighted by Crippen LogP contribution is 2.46. The second kappa shape index (κ2) is 4.45. The summed E-state index contributed by atoms with van der Waals surface area (Å²) in [5.74, 6) is -0.862. The molecule has 0 spiro atoms. The Morgan fingerprint density at radius 3 is 2.73 bits per heavy atom. The van der Waals surface area contributed by atoms with E-state index in [4.69, 9.17) is 0 Å². The van der Waals surface area contributed by atoms with Crippen LogP contribution < -0.4 is 9.62 Å². The van der Waals surface area contributed by atoms with Crippen molar-refractivity contribution in [2.24, 2.45) is 0 Å². The lowest BCUT2D eigenvalue weighted by Gasteiger charge is -2.40. The number of carboxylic acids is 1. The first-order valence-corrected chi connectivity index (χ1v) is 9.09. The zero-order valence-corrected chi connectivity index (χ0v) is 12.9. The number of aliphatic carboxylic acids is 1. The Morgan fingerprint density at radius 2 is 2.09 bits per heavy atom. The van der Waals surface area contributed by atoms with Crippen LogP contribution in [0.15, 0.2) is 23.1 Å². The van der Waals surface area contributed by atoms with Crippen LogP contribution in [0.25, 0.3) is 0 Å². The third-order valence-corrected chi connectivity index (χ3v) is 6.76. The van der Waals surface area contributed by atoms with Crippen LogP contribution in [-0.2, 0) is 20.2 Å². The van der Waals surface area contributed by atoms with Gasteiger partial charge in [0.2, 0.25) is 10.0 Å². The first-order valence-electron chi connectivity index (χ1n) is 7.61. The highest BCUT2D eigenvalue weighted by Gasteiger charge is 2.47. The molecule has 4 rings (SSSR count). The molecule has 1 atom stereocenters. The molecule has 0 amide bonds. The van der Waals surface area contributed by atoms with Crippen LogP contribution in [0.2, 0.25) is 0 Å². The van der Waals surface area contributed by atoms with Crippen molar-refractivity contribution >= 4 is 21.7 Å². The van der Waals surface area contributed by atoms with Crippen LogP contribution in [0, 0.1) is 0 Å². The van der Waals surface area contributed by atoms with Crippen LogP contribution in [0.3, 0.4) is 0 Å². The number of carbonyl (C=O) groups is 1. The van der Waals surface area contributed by atoms with Crippen molar-refractivity contribution in [2.45, 2.75) is 48.6 Å². The molecule has 2 heterocycles. The summed E-state index contributed by atoms with van der Waals surface area (Å²) in [4.78, 5) is 13.9. The van der Waals surface area contributed by atoms with Crippen LogP contribution in [-0.4, -0.2) is 32.2 Å². The molecule has 1 aromatic carbocycles. The number of anilines is 1. The van der Waals surface area contributed by atoms with Crippen molar-refractivity contribution < 1.29 is 18.3 Å². The third-order valence-electron chi connectivity index (χ3n) is 5.27. The van der Waals surface area contributed by atoms with E-state index in [0.29, 0.717) is 24.1 Å². The molecule has 0 aromatic heterocycles. The van der Waals surface area contributed by atoms with Gasteiger partial charge in [-0.2, -0.15) is 4.72 Å². The Hall–Kier alpha value is -1.60. The largest absolute Gasteiger partial charge is 0.481 e. The summed E-state index contributed by atoms with van der Waals surface area (Å²) in [6, 6.07) is 5.15. The maximum atomic E-state index is 12.5.